The fraction of sp³-hybridized carbons (Fsp3) is 0.0667. The van der Waals surface area contributed by atoms with Crippen molar-refractivity contribution in [3.8, 4) is 0 Å². The van der Waals surface area contributed by atoms with E-state index in [1.165, 1.54) is 0 Å². The number of hydrogen-bond donors (Lipinski definition) is 5. The van der Waals surface area contributed by atoms with Crippen LogP contribution in [0.15, 0.2) is 36.5 Å². The lowest BCUT2D eigenvalue weighted by molar-refractivity contribution is 0.532. The van der Waals surface area contributed by atoms with Gasteiger partial charge in [-0.3, -0.25) is 15.8 Å². The van der Waals surface area contributed by atoms with Gasteiger partial charge in [-0.2, -0.15) is 0 Å². The van der Waals surface area contributed by atoms with Crippen molar-refractivity contribution in [2.75, 3.05) is 11.1 Å². The monoisotopic (exact) mass is 296 g/mol. The topological polar surface area (TPSA) is 132 Å². The number of amidine groups is 1. The smallest absolute Gasteiger partial charge is 0.293 e. The van der Waals surface area contributed by atoms with Crippen molar-refractivity contribution in [3.05, 3.63) is 53.3 Å². The number of ether oxygens (including phenoxy) is 1. The fourth-order valence-corrected chi connectivity index (χ4v) is 1.69. The van der Waals surface area contributed by atoms with Gasteiger partial charge >= 0.3 is 0 Å². The Morgan fingerprint density at radius 1 is 1.27 bits per heavy atom. The van der Waals surface area contributed by atoms with Crippen molar-refractivity contribution in [2.24, 2.45) is 0 Å². The van der Waals surface area contributed by atoms with Gasteiger partial charge in [-0.25, -0.2) is 0 Å². The number of pyridine rings is 1. The number of hydrogen-bond acceptors (Lipinski definition) is 6. The molecule has 112 valence electrons. The molecule has 1 heterocycles. The molecule has 0 aliphatic heterocycles. The summed E-state index contributed by atoms with van der Waals surface area (Å²) in [5.41, 5.74) is 8.57. The molecule has 1 aromatic carbocycles. The summed E-state index contributed by atoms with van der Waals surface area (Å²) < 4.78 is 5.09. The lowest BCUT2D eigenvalue weighted by atomic mass is 10.2. The highest BCUT2D eigenvalue weighted by molar-refractivity contribution is 6.01. The molecule has 7 heteroatoms. The molecule has 0 aliphatic carbocycles. The van der Waals surface area contributed by atoms with Gasteiger partial charge in [0.25, 0.3) is 6.02 Å². The third-order valence-electron chi connectivity index (χ3n) is 2.85. The van der Waals surface area contributed by atoms with Crippen LogP contribution in [0.5, 0.6) is 0 Å². The molecule has 0 saturated carbocycles. The largest absolute Gasteiger partial charge is 0.405 e. The predicted octanol–water partition coefficient (Wildman–Crippen LogP) is 2.36. The molecule has 0 fully saturated rings. The average molecular weight is 296 g/mol. The number of nitrogens with one attached hydrogen (secondary N) is 4. The average Bonchev–Trinajstić information content (AvgIpc) is 2.49. The summed E-state index contributed by atoms with van der Waals surface area (Å²) in [6.45, 7) is 1.90. The van der Waals surface area contributed by atoms with Gasteiger partial charge in [0, 0.05) is 29.3 Å². The molecule has 1 aromatic heterocycles. The second-order valence-corrected chi connectivity index (χ2v) is 4.59. The van der Waals surface area contributed by atoms with Gasteiger partial charge in [-0.05, 0) is 36.8 Å². The van der Waals surface area contributed by atoms with Crippen LogP contribution in [-0.2, 0) is 4.74 Å². The van der Waals surface area contributed by atoms with Crippen molar-refractivity contribution in [1.29, 1.82) is 16.2 Å². The number of nitrogen functional groups attached to an aromatic ring is 1. The third-order valence-corrected chi connectivity index (χ3v) is 2.85. The molecule has 6 N–H and O–H groups in total. The van der Waals surface area contributed by atoms with Crippen molar-refractivity contribution < 1.29 is 4.74 Å². The Kier molecular flexibility index (Phi) is 4.47. The van der Waals surface area contributed by atoms with Crippen LogP contribution in [0, 0.1) is 23.2 Å². The first-order valence-electron chi connectivity index (χ1n) is 6.44. The van der Waals surface area contributed by atoms with Crippen molar-refractivity contribution >= 4 is 29.5 Å². The molecule has 0 unspecified atom stereocenters. The van der Waals surface area contributed by atoms with Crippen LogP contribution < -0.4 is 11.1 Å². The fourth-order valence-electron chi connectivity index (χ4n) is 1.69. The SMILES string of the molecule is Cc1ccc(C(=N)OC(=N)Nc2ccc(N)c(C=N)c2)nc1. The quantitative estimate of drug-likeness (QED) is 0.338. The van der Waals surface area contributed by atoms with E-state index >= 15 is 0 Å². The molecule has 0 bridgehead atoms. The minimum atomic E-state index is -0.312. The summed E-state index contributed by atoms with van der Waals surface area (Å²) in [5, 5.41) is 25.5. The van der Waals surface area contributed by atoms with Crippen LogP contribution >= 0.6 is 0 Å². The van der Waals surface area contributed by atoms with Gasteiger partial charge in [0.15, 0.2) is 0 Å². The molecule has 0 saturated heterocycles. The molecule has 2 aromatic rings. The van der Waals surface area contributed by atoms with E-state index in [9.17, 15) is 0 Å². The lowest BCUT2D eigenvalue weighted by Crippen LogP contribution is -2.20. The number of benzene rings is 1. The Bertz CT molecular complexity index is 723. The zero-order valence-corrected chi connectivity index (χ0v) is 12.0. The predicted molar refractivity (Wildman–Crippen MR) is 87.0 cm³/mol. The number of aromatic nitrogens is 1. The van der Waals surface area contributed by atoms with E-state index in [1.807, 2.05) is 13.0 Å². The number of anilines is 2. The highest BCUT2D eigenvalue weighted by Gasteiger charge is 2.08. The first kappa shape index (κ1) is 15.2. The molecule has 0 atom stereocenters. The molecular formula is C15H16N6O. The Balaban J connectivity index is 2.02. The summed E-state index contributed by atoms with van der Waals surface area (Å²) in [6.07, 6.45) is 2.75. The first-order chi connectivity index (χ1) is 10.5. The number of nitrogens with zero attached hydrogens (tertiary/aromatic N) is 1. The van der Waals surface area contributed by atoms with Gasteiger partial charge in [-0.15, -0.1) is 0 Å². The summed E-state index contributed by atoms with van der Waals surface area (Å²) in [4.78, 5) is 4.06. The van der Waals surface area contributed by atoms with Gasteiger partial charge in [-0.1, -0.05) is 6.07 Å². The Hall–Kier alpha value is -3.22. The molecule has 2 rings (SSSR count). The van der Waals surface area contributed by atoms with E-state index in [0.717, 1.165) is 11.8 Å². The van der Waals surface area contributed by atoms with Crippen molar-refractivity contribution in [3.63, 3.8) is 0 Å². The zero-order chi connectivity index (χ0) is 16.1. The van der Waals surface area contributed by atoms with Crippen molar-refractivity contribution in [2.45, 2.75) is 6.92 Å². The van der Waals surface area contributed by atoms with Crippen LogP contribution in [0.2, 0.25) is 0 Å². The maximum atomic E-state index is 7.79. The summed E-state index contributed by atoms with van der Waals surface area (Å²) in [5.74, 6) is -0.222. The van der Waals surface area contributed by atoms with Crippen molar-refractivity contribution in [1.82, 2.24) is 4.98 Å². The molecule has 0 amide bonds. The lowest BCUT2D eigenvalue weighted by Gasteiger charge is -2.11. The van der Waals surface area contributed by atoms with Gasteiger partial charge in [0.1, 0.15) is 5.69 Å². The van der Waals surface area contributed by atoms with Crippen LogP contribution in [0.25, 0.3) is 0 Å². The van der Waals surface area contributed by atoms with E-state index in [0.29, 0.717) is 22.6 Å². The number of rotatable bonds is 3. The molecule has 22 heavy (non-hydrogen) atoms. The van der Waals surface area contributed by atoms with Gasteiger partial charge < -0.3 is 21.2 Å². The molecule has 0 radical (unpaired) electrons. The van der Waals surface area contributed by atoms with Crippen LogP contribution in [-0.4, -0.2) is 23.1 Å². The molecule has 0 aliphatic rings. The van der Waals surface area contributed by atoms with Gasteiger partial charge in [0.05, 0.1) is 0 Å². The summed E-state index contributed by atoms with van der Waals surface area (Å²) in [7, 11) is 0. The Morgan fingerprint density at radius 3 is 2.68 bits per heavy atom. The van der Waals surface area contributed by atoms with E-state index in [-0.39, 0.29) is 11.9 Å². The first-order valence-corrected chi connectivity index (χ1v) is 6.44. The van der Waals surface area contributed by atoms with E-state index in [1.54, 1.807) is 30.5 Å². The molecule has 0 spiro atoms. The van der Waals surface area contributed by atoms with Crippen LogP contribution in [0.1, 0.15) is 16.8 Å². The van der Waals surface area contributed by atoms with Gasteiger partial charge in [0.2, 0.25) is 5.90 Å². The highest BCUT2D eigenvalue weighted by atomic mass is 16.5. The standard InChI is InChI=1S/C15H16N6O/c1-9-2-5-13(20-8-9)14(18)22-15(19)21-11-3-4-12(17)10(6-11)7-16/h2-8,16,18H,17H2,1H3,(H2,19,21). The highest BCUT2D eigenvalue weighted by Crippen LogP contribution is 2.16. The van der Waals surface area contributed by atoms with E-state index in [2.05, 4.69) is 10.3 Å². The normalized spacial score (nSPS) is 9.86. The minimum absolute atomic E-state index is 0.222. The number of aryl methyl sites for hydroxylation is 1. The van der Waals surface area contributed by atoms with E-state index < -0.39 is 0 Å². The third kappa shape index (κ3) is 3.66. The Morgan fingerprint density at radius 2 is 2.05 bits per heavy atom. The molecular weight excluding hydrogens is 280 g/mol. The maximum absolute atomic E-state index is 7.79. The van der Waals surface area contributed by atoms with Crippen LogP contribution in [0.4, 0.5) is 11.4 Å². The zero-order valence-electron chi connectivity index (χ0n) is 12.0. The Labute approximate surface area is 127 Å². The second-order valence-electron chi connectivity index (χ2n) is 4.59. The van der Waals surface area contributed by atoms with E-state index in [4.69, 9.17) is 26.7 Å². The summed E-state index contributed by atoms with van der Waals surface area (Å²) in [6, 6.07) is 8.06. The molecule has 7 nitrogen and oxygen atoms in total. The van der Waals surface area contributed by atoms with Crippen LogP contribution in [0.3, 0.4) is 0 Å². The minimum Gasteiger partial charge on any atom is -0.405 e. The second kappa shape index (κ2) is 6.49. The summed E-state index contributed by atoms with van der Waals surface area (Å²) >= 11 is 0. The number of nitrogens with two attached hydrogens (primary N) is 1. The maximum Gasteiger partial charge on any atom is 0.293 e.